The second-order valence-corrected chi connectivity index (χ2v) is 7.91. The molecule has 1 aliphatic carbocycles. The van der Waals surface area contributed by atoms with Crippen molar-refractivity contribution in [2.75, 3.05) is 0 Å². The van der Waals surface area contributed by atoms with Crippen LogP contribution >= 0.6 is 0 Å². The minimum Gasteiger partial charge on any atom is -0.293 e. The number of Topliss-reactive ketones (excluding diaryl/α,β-unsaturated/α-hetero) is 2. The van der Waals surface area contributed by atoms with Gasteiger partial charge in [-0.05, 0) is 67.5 Å². The Morgan fingerprint density at radius 1 is 0.679 bits per heavy atom. The molecule has 140 valence electrons. The van der Waals surface area contributed by atoms with Crippen LogP contribution in [0, 0.1) is 27.7 Å². The Morgan fingerprint density at radius 2 is 1.21 bits per heavy atom. The molecular formula is C26H24O2. The molecule has 1 aliphatic rings. The maximum atomic E-state index is 13.8. The minimum atomic E-state index is -1.20. The maximum absolute atomic E-state index is 13.8. The van der Waals surface area contributed by atoms with E-state index >= 15 is 0 Å². The predicted octanol–water partition coefficient (Wildman–Crippen LogP) is 5.48. The number of benzene rings is 3. The summed E-state index contributed by atoms with van der Waals surface area (Å²) in [7, 11) is 0. The Kier molecular flexibility index (Phi) is 4.30. The smallest absolute Gasteiger partial charge is 0.182 e. The topological polar surface area (TPSA) is 34.1 Å². The van der Waals surface area contributed by atoms with Gasteiger partial charge in [-0.15, -0.1) is 0 Å². The molecule has 3 aromatic carbocycles. The fourth-order valence-electron chi connectivity index (χ4n) is 4.76. The number of ketones is 2. The molecule has 0 saturated carbocycles. The van der Waals surface area contributed by atoms with Crippen molar-refractivity contribution in [3.63, 3.8) is 0 Å². The SMILES string of the molecule is Cc1cc(C)c(C2(Cc3ccccc3)C(=O)c3ccccc3C2=O)c(C)c1C. The van der Waals surface area contributed by atoms with E-state index in [2.05, 4.69) is 19.9 Å². The molecular weight excluding hydrogens is 344 g/mol. The fraction of sp³-hybridized carbons (Fsp3) is 0.231. The molecule has 0 aliphatic heterocycles. The molecule has 2 heteroatoms. The van der Waals surface area contributed by atoms with Gasteiger partial charge in [-0.25, -0.2) is 0 Å². The average molecular weight is 368 g/mol. The summed E-state index contributed by atoms with van der Waals surface area (Å²) in [6, 6.07) is 19.2. The molecule has 4 rings (SSSR count). The zero-order valence-corrected chi connectivity index (χ0v) is 16.8. The first-order chi connectivity index (χ1) is 13.4. The monoisotopic (exact) mass is 368 g/mol. The van der Waals surface area contributed by atoms with Gasteiger partial charge in [0.2, 0.25) is 0 Å². The van der Waals surface area contributed by atoms with Gasteiger partial charge in [0.05, 0.1) is 0 Å². The Labute approximate surface area is 166 Å². The molecule has 0 aromatic heterocycles. The van der Waals surface area contributed by atoms with Crippen molar-refractivity contribution in [2.24, 2.45) is 0 Å². The van der Waals surface area contributed by atoms with Crippen molar-refractivity contribution in [3.05, 3.63) is 105 Å². The van der Waals surface area contributed by atoms with Crippen molar-refractivity contribution in [1.29, 1.82) is 0 Å². The van der Waals surface area contributed by atoms with E-state index < -0.39 is 5.41 Å². The van der Waals surface area contributed by atoms with Gasteiger partial charge < -0.3 is 0 Å². The third-order valence-corrected chi connectivity index (χ3v) is 6.29. The average Bonchev–Trinajstić information content (AvgIpc) is 2.90. The van der Waals surface area contributed by atoms with Crippen LogP contribution in [0.1, 0.15) is 54.1 Å². The van der Waals surface area contributed by atoms with Crippen LogP contribution in [-0.2, 0) is 11.8 Å². The van der Waals surface area contributed by atoms with Crippen LogP contribution in [0.25, 0.3) is 0 Å². The molecule has 28 heavy (non-hydrogen) atoms. The van der Waals surface area contributed by atoms with Crippen molar-refractivity contribution in [3.8, 4) is 0 Å². The summed E-state index contributed by atoms with van der Waals surface area (Å²) >= 11 is 0. The number of aryl methyl sites for hydroxylation is 2. The van der Waals surface area contributed by atoms with E-state index in [-0.39, 0.29) is 11.6 Å². The molecule has 2 nitrogen and oxygen atoms in total. The molecule has 0 spiro atoms. The highest BCUT2D eigenvalue weighted by Crippen LogP contribution is 2.45. The second-order valence-electron chi connectivity index (χ2n) is 7.91. The number of carbonyl (C=O) groups excluding carboxylic acids is 2. The number of hydrogen-bond acceptors (Lipinski definition) is 2. The molecule has 0 bridgehead atoms. The lowest BCUT2D eigenvalue weighted by Crippen LogP contribution is -2.42. The maximum Gasteiger partial charge on any atom is 0.182 e. The second kappa shape index (κ2) is 6.56. The first-order valence-electron chi connectivity index (χ1n) is 9.68. The molecule has 0 fully saturated rings. The van der Waals surface area contributed by atoms with Gasteiger partial charge in [0.25, 0.3) is 0 Å². The Bertz CT molecular complexity index is 1070. The largest absolute Gasteiger partial charge is 0.293 e. The molecule has 0 saturated heterocycles. The number of fused-ring (bicyclic) bond motifs is 1. The summed E-state index contributed by atoms with van der Waals surface area (Å²) in [5, 5.41) is 0. The van der Waals surface area contributed by atoms with Gasteiger partial charge in [-0.3, -0.25) is 9.59 Å². The minimum absolute atomic E-state index is 0.0774. The van der Waals surface area contributed by atoms with E-state index in [9.17, 15) is 9.59 Å². The van der Waals surface area contributed by atoms with Crippen LogP contribution in [0.2, 0.25) is 0 Å². The van der Waals surface area contributed by atoms with Crippen LogP contribution in [0.3, 0.4) is 0 Å². The first kappa shape index (κ1) is 18.4. The van der Waals surface area contributed by atoms with Crippen molar-refractivity contribution < 1.29 is 9.59 Å². The molecule has 0 unspecified atom stereocenters. The number of carbonyl (C=O) groups is 2. The van der Waals surface area contributed by atoms with Gasteiger partial charge in [0, 0.05) is 11.1 Å². The van der Waals surface area contributed by atoms with Gasteiger partial charge in [0.1, 0.15) is 5.41 Å². The Hall–Kier alpha value is -3.00. The molecule has 0 atom stereocenters. The highest BCUT2D eigenvalue weighted by Gasteiger charge is 2.55. The highest BCUT2D eigenvalue weighted by atomic mass is 16.2. The van der Waals surface area contributed by atoms with Crippen molar-refractivity contribution in [1.82, 2.24) is 0 Å². The predicted molar refractivity (Wildman–Crippen MR) is 112 cm³/mol. The van der Waals surface area contributed by atoms with Gasteiger partial charge in [-0.1, -0.05) is 60.7 Å². The molecule has 0 N–H and O–H groups in total. The van der Waals surface area contributed by atoms with E-state index in [1.54, 1.807) is 12.1 Å². The molecule has 0 radical (unpaired) electrons. The molecule has 0 heterocycles. The van der Waals surface area contributed by atoms with Crippen LogP contribution in [-0.4, -0.2) is 11.6 Å². The zero-order valence-electron chi connectivity index (χ0n) is 16.8. The van der Waals surface area contributed by atoms with Crippen LogP contribution in [0.5, 0.6) is 0 Å². The van der Waals surface area contributed by atoms with Crippen molar-refractivity contribution in [2.45, 2.75) is 39.5 Å². The fourth-order valence-corrected chi connectivity index (χ4v) is 4.76. The lowest BCUT2D eigenvalue weighted by molar-refractivity contribution is 0.0791. The van der Waals surface area contributed by atoms with E-state index in [4.69, 9.17) is 0 Å². The summed E-state index contributed by atoms with van der Waals surface area (Å²) in [6.07, 6.45) is 0.379. The molecule has 0 amide bonds. The van der Waals surface area contributed by atoms with E-state index in [0.29, 0.717) is 17.5 Å². The van der Waals surface area contributed by atoms with Gasteiger partial charge in [-0.2, -0.15) is 0 Å². The lowest BCUT2D eigenvalue weighted by Gasteiger charge is -2.31. The normalized spacial score (nSPS) is 15.0. The van der Waals surface area contributed by atoms with E-state index in [0.717, 1.165) is 27.8 Å². The Balaban J connectivity index is 2.05. The van der Waals surface area contributed by atoms with Crippen LogP contribution in [0.4, 0.5) is 0 Å². The third-order valence-electron chi connectivity index (χ3n) is 6.29. The zero-order chi connectivity index (χ0) is 20.1. The molecule has 3 aromatic rings. The first-order valence-corrected chi connectivity index (χ1v) is 9.68. The van der Waals surface area contributed by atoms with Gasteiger partial charge >= 0.3 is 0 Å². The van der Waals surface area contributed by atoms with Crippen LogP contribution in [0.15, 0.2) is 60.7 Å². The van der Waals surface area contributed by atoms with Gasteiger partial charge in [0.15, 0.2) is 11.6 Å². The number of rotatable bonds is 3. The summed E-state index contributed by atoms with van der Waals surface area (Å²) < 4.78 is 0. The highest BCUT2D eigenvalue weighted by molar-refractivity contribution is 6.33. The van der Waals surface area contributed by atoms with Crippen LogP contribution < -0.4 is 0 Å². The Morgan fingerprint density at radius 3 is 1.79 bits per heavy atom. The third kappa shape index (κ3) is 2.48. The standard InChI is InChI=1S/C26H24O2/c1-16-14-17(2)23(19(4)18(16)3)26(15-20-10-6-5-7-11-20)24(27)21-12-8-9-13-22(21)25(26)28/h5-14H,15H2,1-4H3. The summed E-state index contributed by atoms with van der Waals surface area (Å²) in [6.45, 7) is 8.21. The van der Waals surface area contributed by atoms with E-state index in [1.165, 1.54) is 5.56 Å². The van der Waals surface area contributed by atoms with Crippen molar-refractivity contribution >= 4 is 11.6 Å². The van der Waals surface area contributed by atoms with E-state index in [1.807, 2.05) is 56.3 Å². The quantitative estimate of drug-likeness (QED) is 0.574. The lowest BCUT2D eigenvalue weighted by atomic mass is 9.68. The summed E-state index contributed by atoms with van der Waals surface area (Å²) in [5.74, 6) is -0.155. The summed E-state index contributed by atoms with van der Waals surface area (Å²) in [5.41, 5.74) is 6.14. The number of hydrogen-bond donors (Lipinski definition) is 0. The summed E-state index contributed by atoms with van der Waals surface area (Å²) in [4.78, 5) is 27.6.